The molecule has 3 rings (SSSR count). The minimum atomic E-state index is -3.70. The van der Waals surface area contributed by atoms with Gasteiger partial charge in [0.2, 0.25) is 0 Å². The maximum atomic E-state index is 13.0. The molecule has 0 bridgehead atoms. The Bertz CT molecular complexity index is 846. The van der Waals surface area contributed by atoms with Crippen molar-refractivity contribution in [2.75, 3.05) is 11.4 Å². The number of hydrogen-bond donors (Lipinski definition) is 0. The standard InChI is InChI=1S/C17H17NO4S/c1-12-8-9-14-15(11-17(19)22-2)18(13-6-4-3-5-7-13)23(20,21)16(14)10-12/h3-10,15H,11H2,1-2H3. The molecular formula is C17H17NO4S. The molecule has 120 valence electrons. The van der Waals surface area contributed by atoms with Gasteiger partial charge in [-0.25, -0.2) is 8.42 Å². The number of benzene rings is 2. The summed E-state index contributed by atoms with van der Waals surface area (Å²) < 4.78 is 32.0. The highest BCUT2D eigenvalue weighted by molar-refractivity contribution is 7.93. The van der Waals surface area contributed by atoms with Gasteiger partial charge in [0.05, 0.1) is 30.2 Å². The first-order valence-electron chi connectivity index (χ1n) is 7.22. The minimum Gasteiger partial charge on any atom is -0.469 e. The highest BCUT2D eigenvalue weighted by Crippen LogP contribution is 2.44. The molecule has 1 aliphatic heterocycles. The molecule has 1 aliphatic rings. The maximum Gasteiger partial charge on any atom is 0.307 e. The summed E-state index contributed by atoms with van der Waals surface area (Å²) in [6.07, 6.45) is -0.0271. The number of para-hydroxylation sites is 1. The topological polar surface area (TPSA) is 63.7 Å². The molecule has 0 spiro atoms. The summed E-state index contributed by atoms with van der Waals surface area (Å²) in [6, 6.07) is 13.5. The average Bonchev–Trinajstić information content (AvgIpc) is 2.75. The van der Waals surface area contributed by atoms with Crippen molar-refractivity contribution in [2.45, 2.75) is 24.3 Å². The van der Waals surface area contributed by atoms with Crippen LogP contribution in [0.5, 0.6) is 0 Å². The van der Waals surface area contributed by atoms with Crippen LogP contribution < -0.4 is 4.31 Å². The number of hydrogen-bond acceptors (Lipinski definition) is 4. The van der Waals surface area contributed by atoms with Crippen molar-refractivity contribution in [1.82, 2.24) is 0 Å². The largest absolute Gasteiger partial charge is 0.469 e. The molecule has 2 aromatic rings. The van der Waals surface area contributed by atoms with Crippen LogP contribution >= 0.6 is 0 Å². The third-order valence-corrected chi connectivity index (χ3v) is 5.84. The first-order valence-corrected chi connectivity index (χ1v) is 8.66. The third kappa shape index (κ3) is 2.59. The number of ether oxygens (including phenoxy) is 1. The Kier molecular flexibility index (Phi) is 3.85. The number of fused-ring (bicyclic) bond motifs is 1. The van der Waals surface area contributed by atoms with Gasteiger partial charge in [0.15, 0.2) is 0 Å². The van der Waals surface area contributed by atoms with E-state index in [1.807, 2.05) is 19.1 Å². The highest BCUT2D eigenvalue weighted by atomic mass is 32.2. The third-order valence-electron chi connectivity index (χ3n) is 3.95. The van der Waals surface area contributed by atoms with Gasteiger partial charge < -0.3 is 4.74 Å². The van der Waals surface area contributed by atoms with Crippen LogP contribution in [0.1, 0.15) is 23.6 Å². The molecule has 0 saturated heterocycles. The van der Waals surface area contributed by atoms with Gasteiger partial charge in [-0.3, -0.25) is 9.10 Å². The molecule has 0 fully saturated rings. The van der Waals surface area contributed by atoms with Crippen LogP contribution in [-0.4, -0.2) is 21.5 Å². The predicted molar refractivity (Wildman–Crippen MR) is 86.7 cm³/mol. The maximum absolute atomic E-state index is 13.0. The SMILES string of the molecule is COC(=O)CC1c2ccc(C)cc2S(=O)(=O)N1c1ccccc1. The van der Waals surface area contributed by atoms with E-state index in [1.165, 1.54) is 11.4 Å². The van der Waals surface area contributed by atoms with Crippen molar-refractivity contribution in [3.63, 3.8) is 0 Å². The van der Waals surface area contributed by atoms with E-state index in [4.69, 9.17) is 4.74 Å². The Morgan fingerprint density at radius 1 is 1.17 bits per heavy atom. The Hall–Kier alpha value is -2.34. The number of anilines is 1. The van der Waals surface area contributed by atoms with Crippen LogP contribution in [0.25, 0.3) is 0 Å². The summed E-state index contributed by atoms with van der Waals surface area (Å²) in [5.74, 6) is -0.445. The number of sulfonamides is 1. The first kappa shape index (κ1) is 15.6. The number of carbonyl (C=O) groups excluding carboxylic acids is 1. The molecule has 0 amide bonds. The second-order valence-corrected chi connectivity index (χ2v) is 7.26. The minimum absolute atomic E-state index is 0.0271. The van der Waals surface area contributed by atoms with Gasteiger partial charge in [-0.1, -0.05) is 30.3 Å². The molecule has 1 heterocycles. The monoisotopic (exact) mass is 331 g/mol. The molecule has 1 unspecified atom stereocenters. The van der Waals surface area contributed by atoms with E-state index in [-0.39, 0.29) is 11.3 Å². The Morgan fingerprint density at radius 3 is 2.52 bits per heavy atom. The van der Waals surface area contributed by atoms with E-state index >= 15 is 0 Å². The number of carbonyl (C=O) groups is 1. The smallest absolute Gasteiger partial charge is 0.307 e. The molecule has 6 heteroatoms. The fraction of sp³-hybridized carbons (Fsp3) is 0.235. The highest BCUT2D eigenvalue weighted by Gasteiger charge is 2.43. The molecule has 5 nitrogen and oxygen atoms in total. The lowest BCUT2D eigenvalue weighted by atomic mass is 10.0. The molecule has 1 atom stereocenters. The Morgan fingerprint density at radius 2 is 1.87 bits per heavy atom. The average molecular weight is 331 g/mol. The lowest BCUT2D eigenvalue weighted by Crippen LogP contribution is -2.29. The van der Waals surface area contributed by atoms with E-state index in [0.717, 1.165) is 5.56 Å². The number of rotatable bonds is 3. The lowest BCUT2D eigenvalue weighted by Gasteiger charge is -2.24. The van der Waals surface area contributed by atoms with Crippen molar-refractivity contribution in [3.8, 4) is 0 Å². The predicted octanol–water partition coefficient (Wildman–Crippen LogP) is 2.81. The number of aryl methyl sites for hydroxylation is 1. The zero-order valence-corrected chi connectivity index (χ0v) is 13.7. The van der Waals surface area contributed by atoms with E-state index < -0.39 is 22.0 Å². The van der Waals surface area contributed by atoms with Gasteiger partial charge in [0.1, 0.15) is 0 Å². The second-order valence-electron chi connectivity index (χ2n) is 5.47. The van der Waals surface area contributed by atoms with Crippen LogP contribution in [0, 0.1) is 6.92 Å². The van der Waals surface area contributed by atoms with Gasteiger partial charge in [-0.05, 0) is 36.2 Å². The number of nitrogens with zero attached hydrogens (tertiary/aromatic N) is 1. The van der Waals surface area contributed by atoms with Crippen LogP contribution in [0.15, 0.2) is 53.4 Å². The molecule has 23 heavy (non-hydrogen) atoms. The normalized spacial score (nSPS) is 18.5. The van der Waals surface area contributed by atoms with Gasteiger partial charge in [-0.2, -0.15) is 0 Å². The van der Waals surface area contributed by atoms with E-state index in [9.17, 15) is 13.2 Å². The summed E-state index contributed by atoms with van der Waals surface area (Å²) in [4.78, 5) is 12.0. The molecule has 0 saturated carbocycles. The first-order chi connectivity index (χ1) is 10.9. The quantitative estimate of drug-likeness (QED) is 0.811. The zero-order chi connectivity index (χ0) is 16.6. The van der Waals surface area contributed by atoms with E-state index in [0.29, 0.717) is 11.3 Å². The van der Waals surface area contributed by atoms with Crippen LogP contribution in [0.4, 0.5) is 5.69 Å². The second kappa shape index (κ2) is 5.70. The van der Waals surface area contributed by atoms with Crippen LogP contribution in [0.3, 0.4) is 0 Å². The van der Waals surface area contributed by atoms with Gasteiger partial charge in [0, 0.05) is 0 Å². The molecule has 0 aliphatic carbocycles. The summed E-state index contributed by atoms with van der Waals surface area (Å²) in [6.45, 7) is 1.84. The van der Waals surface area contributed by atoms with Crippen molar-refractivity contribution >= 4 is 21.7 Å². The molecular weight excluding hydrogens is 314 g/mol. The van der Waals surface area contributed by atoms with E-state index in [1.54, 1.807) is 36.4 Å². The lowest BCUT2D eigenvalue weighted by molar-refractivity contribution is -0.141. The fourth-order valence-electron chi connectivity index (χ4n) is 2.87. The summed E-state index contributed by atoms with van der Waals surface area (Å²) in [5, 5.41) is 0. The number of esters is 1. The number of methoxy groups -OCH3 is 1. The Balaban J connectivity index is 2.19. The summed E-state index contributed by atoms with van der Waals surface area (Å²) in [5.41, 5.74) is 2.03. The van der Waals surface area contributed by atoms with Crippen molar-refractivity contribution in [2.24, 2.45) is 0 Å². The van der Waals surface area contributed by atoms with Crippen LogP contribution in [-0.2, 0) is 19.6 Å². The molecule has 0 N–H and O–H groups in total. The Labute approximate surface area is 135 Å². The van der Waals surface area contributed by atoms with Gasteiger partial charge in [-0.15, -0.1) is 0 Å². The fourth-order valence-corrected chi connectivity index (χ4v) is 4.84. The summed E-state index contributed by atoms with van der Waals surface area (Å²) >= 11 is 0. The summed E-state index contributed by atoms with van der Waals surface area (Å²) in [7, 11) is -2.40. The molecule has 2 aromatic carbocycles. The molecule has 0 aromatic heterocycles. The van der Waals surface area contributed by atoms with Gasteiger partial charge in [0.25, 0.3) is 10.0 Å². The van der Waals surface area contributed by atoms with Gasteiger partial charge >= 0.3 is 5.97 Å². The van der Waals surface area contributed by atoms with Crippen molar-refractivity contribution in [1.29, 1.82) is 0 Å². The van der Waals surface area contributed by atoms with E-state index in [2.05, 4.69) is 0 Å². The van der Waals surface area contributed by atoms with Crippen molar-refractivity contribution < 1.29 is 17.9 Å². The van der Waals surface area contributed by atoms with Crippen molar-refractivity contribution in [3.05, 3.63) is 59.7 Å². The molecule has 0 radical (unpaired) electrons. The zero-order valence-electron chi connectivity index (χ0n) is 12.9. The van der Waals surface area contributed by atoms with Crippen LogP contribution in [0.2, 0.25) is 0 Å².